The first-order chi connectivity index (χ1) is 10.3. The van der Waals surface area contributed by atoms with E-state index in [-0.39, 0.29) is 6.10 Å². The lowest BCUT2D eigenvalue weighted by atomic mass is 10.0. The van der Waals surface area contributed by atoms with E-state index in [1.54, 1.807) is 0 Å². The maximum atomic E-state index is 6.11. The van der Waals surface area contributed by atoms with Crippen molar-refractivity contribution in [3.63, 3.8) is 0 Å². The number of benzene rings is 2. The molecule has 2 aromatic rings. The molecule has 0 spiro atoms. The van der Waals surface area contributed by atoms with Crippen molar-refractivity contribution < 1.29 is 9.47 Å². The fourth-order valence-corrected chi connectivity index (χ4v) is 3.23. The Labute approximate surface area is 134 Å². The maximum absolute atomic E-state index is 6.11. The van der Waals surface area contributed by atoms with Crippen LogP contribution in [0.2, 0.25) is 0 Å². The first kappa shape index (κ1) is 14.8. The lowest BCUT2D eigenvalue weighted by Gasteiger charge is -2.26. The van der Waals surface area contributed by atoms with Gasteiger partial charge in [0.1, 0.15) is 0 Å². The molecule has 0 amide bonds. The molecule has 2 unspecified atom stereocenters. The smallest absolute Gasteiger partial charge is 0.205 e. The third-order valence-electron chi connectivity index (χ3n) is 3.92. The van der Waals surface area contributed by atoms with Gasteiger partial charge in [-0.2, -0.15) is 0 Å². The van der Waals surface area contributed by atoms with Gasteiger partial charge in [0.2, 0.25) is 5.79 Å². The van der Waals surface area contributed by atoms with Crippen LogP contribution in [0, 0.1) is 0 Å². The predicted octanol–water partition coefficient (Wildman–Crippen LogP) is 4.73. The molecular weight excluding hydrogens is 328 g/mol. The molecule has 0 aliphatic carbocycles. The van der Waals surface area contributed by atoms with Gasteiger partial charge in [-0.1, -0.05) is 77.5 Å². The van der Waals surface area contributed by atoms with Crippen LogP contribution in [-0.2, 0) is 15.3 Å². The molecule has 1 fully saturated rings. The summed E-state index contributed by atoms with van der Waals surface area (Å²) in [5.41, 5.74) is 3.49. The van der Waals surface area contributed by atoms with E-state index in [2.05, 4.69) is 71.4 Å². The summed E-state index contributed by atoms with van der Waals surface area (Å²) in [6.45, 7) is 2.78. The van der Waals surface area contributed by atoms with Crippen LogP contribution in [-0.4, -0.2) is 18.0 Å². The van der Waals surface area contributed by atoms with Crippen LogP contribution in [0.1, 0.15) is 18.9 Å². The van der Waals surface area contributed by atoms with Gasteiger partial charge in [-0.3, -0.25) is 0 Å². The van der Waals surface area contributed by atoms with Gasteiger partial charge in [-0.15, -0.1) is 0 Å². The minimum Gasteiger partial charge on any atom is -0.342 e. The standard InChI is InChI=1S/C18H19BrO2/c1-2-17-12-20-18(13-19,21-17)16-10-8-15(9-11-16)14-6-4-3-5-7-14/h3-11,17H,2,12-13H2,1H3. The molecule has 0 bridgehead atoms. The minimum atomic E-state index is -0.643. The fourth-order valence-electron chi connectivity index (χ4n) is 2.61. The Balaban J connectivity index is 1.87. The van der Waals surface area contributed by atoms with Gasteiger partial charge in [0.15, 0.2) is 0 Å². The molecule has 3 heteroatoms. The van der Waals surface area contributed by atoms with Crippen molar-refractivity contribution in [3.05, 3.63) is 60.2 Å². The molecule has 110 valence electrons. The molecule has 3 rings (SSSR count). The summed E-state index contributed by atoms with van der Waals surface area (Å²) in [7, 11) is 0. The molecule has 0 N–H and O–H groups in total. The fraction of sp³-hybridized carbons (Fsp3) is 0.333. The number of halogens is 1. The van der Waals surface area contributed by atoms with Crippen molar-refractivity contribution in [2.75, 3.05) is 11.9 Å². The average Bonchev–Trinajstić information content (AvgIpc) is 3.01. The Hall–Kier alpha value is -1.16. The SMILES string of the molecule is CCC1COC(CBr)(c2ccc(-c3ccccc3)cc2)O1. The molecule has 2 nitrogen and oxygen atoms in total. The summed E-state index contributed by atoms with van der Waals surface area (Å²) in [5, 5.41) is 0.640. The van der Waals surface area contributed by atoms with Crippen molar-refractivity contribution in [2.45, 2.75) is 25.2 Å². The van der Waals surface area contributed by atoms with Gasteiger partial charge >= 0.3 is 0 Å². The Kier molecular flexibility index (Phi) is 4.43. The van der Waals surface area contributed by atoms with Gasteiger partial charge in [-0.25, -0.2) is 0 Å². The molecule has 1 saturated heterocycles. The third-order valence-corrected chi connectivity index (χ3v) is 4.66. The van der Waals surface area contributed by atoms with E-state index < -0.39 is 5.79 Å². The van der Waals surface area contributed by atoms with E-state index in [0.717, 1.165) is 12.0 Å². The van der Waals surface area contributed by atoms with Crippen LogP contribution >= 0.6 is 15.9 Å². The second kappa shape index (κ2) is 6.30. The normalized spacial score (nSPS) is 25.1. The lowest BCUT2D eigenvalue weighted by molar-refractivity contribution is -0.156. The predicted molar refractivity (Wildman–Crippen MR) is 88.5 cm³/mol. The number of rotatable bonds is 4. The van der Waals surface area contributed by atoms with E-state index in [0.29, 0.717) is 11.9 Å². The zero-order valence-electron chi connectivity index (χ0n) is 12.1. The summed E-state index contributed by atoms with van der Waals surface area (Å²) in [6, 6.07) is 18.8. The second-order valence-corrected chi connectivity index (χ2v) is 5.85. The van der Waals surface area contributed by atoms with Crippen LogP contribution in [0.25, 0.3) is 11.1 Å². The topological polar surface area (TPSA) is 18.5 Å². The average molecular weight is 347 g/mol. The first-order valence-corrected chi connectivity index (χ1v) is 8.43. The summed E-state index contributed by atoms with van der Waals surface area (Å²) < 4.78 is 12.1. The quantitative estimate of drug-likeness (QED) is 0.745. The highest BCUT2D eigenvalue weighted by Crippen LogP contribution is 2.37. The van der Waals surface area contributed by atoms with Crippen LogP contribution in [0.3, 0.4) is 0 Å². The Bertz CT molecular complexity index is 582. The van der Waals surface area contributed by atoms with Crippen LogP contribution in [0.5, 0.6) is 0 Å². The third kappa shape index (κ3) is 2.91. The van der Waals surface area contributed by atoms with Gasteiger partial charge < -0.3 is 9.47 Å². The zero-order chi connectivity index (χ0) is 14.7. The molecule has 1 aliphatic rings. The molecule has 1 heterocycles. The zero-order valence-corrected chi connectivity index (χ0v) is 13.7. The Morgan fingerprint density at radius 3 is 2.29 bits per heavy atom. The van der Waals surface area contributed by atoms with Crippen molar-refractivity contribution in [2.24, 2.45) is 0 Å². The van der Waals surface area contributed by atoms with Crippen molar-refractivity contribution in [3.8, 4) is 11.1 Å². The number of hydrogen-bond acceptors (Lipinski definition) is 2. The lowest BCUT2D eigenvalue weighted by Crippen LogP contribution is -2.29. The summed E-state index contributed by atoms with van der Waals surface area (Å²) >= 11 is 3.54. The molecular formula is C18H19BrO2. The number of alkyl halides is 1. The molecule has 2 aromatic carbocycles. The van der Waals surface area contributed by atoms with E-state index in [9.17, 15) is 0 Å². The highest BCUT2D eigenvalue weighted by atomic mass is 79.9. The van der Waals surface area contributed by atoms with Gasteiger partial charge in [0.25, 0.3) is 0 Å². The van der Waals surface area contributed by atoms with Gasteiger partial charge in [0.05, 0.1) is 18.0 Å². The summed E-state index contributed by atoms with van der Waals surface area (Å²) in [5.74, 6) is -0.643. The largest absolute Gasteiger partial charge is 0.342 e. The first-order valence-electron chi connectivity index (χ1n) is 7.31. The minimum absolute atomic E-state index is 0.177. The van der Waals surface area contributed by atoms with Crippen molar-refractivity contribution in [1.82, 2.24) is 0 Å². The Morgan fingerprint density at radius 1 is 1.05 bits per heavy atom. The van der Waals surface area contributed by atoms with Crippen molar-refractivity contribution >= 4 is 15.9 Å². The van der Waals surface area contributed by atoms with E-state index in [4.69, 9.17) is 9.47 Å². The molecule has 0 radical (unpaired) electrons. The molecule has 0 aromatic heterocycles. The Morgan fingerprint density at radius 2 is 1.71 bits per heavy atom. The van der Waals surface area contributed by atoms with E-state index in [1.807, 2.05) is 6.07 Å². The molecule has 0 saturated carbocycles. The van der Waals surface area contributed by atoms with E-state index in [1.165, 1.54) is 11.1 Å². The van der Waals surface area contributed by atoms with E-state index >= 15 is 0 Å². The van der Waals surface area contributed by atoms with Crippen molar-refractivity contribution in [1.29, 1.82) is 0 Å². The highest BCUT2D eigenvalue weighted by Gasteiger charge is 2.41. The van der Waals surface area contributed by atoms with Gasteiger partial charge in [0, 0.05) is 5.56 Å². The molecule has 2 atom stereocenters. The van der Waals surface area contributed by atoms with Gasteiger partial charge in [-0.05, 0) is 17.5 Å². The summed E-state index contributed by atoms with van der Waals surface area (Å²) in [6.07, 6.45) is 1.15. The monoisotopic (exact) mass is 346 g/mol. The van der Waals surface area contributed by atoms with Crippen LogP contribution in [0.4, 0.5) is 0 Å². The van der Waals surface area contributed by atoms with Crippen LogP contribution < -0.4 is 0 Å². The second-order valence-electron chi connectivity index (χ2n) is 5.29. The molecule has 21 heavy (non-hydrogen) atoms. The number of ether oxygens (including phenoxy) is 2. The van der Waals surface area contributed by atoms with Crippen LogP contribution in [0.15, 0.2) is 54.6 Å². The summed E-state index contributed by atoms with van der Waals surface area (Å²) in [4.78, 5) is 0. The highest BCUT2D eigenvalue weighted by molar-refractivity contribution is 9.09. The number of hydrogen-bond donors (Lipinski definition) is 0. The maximum Gasteiger partial charge on any atom is 0.205 e. The molecule has 1 aliphatic heterocycles.